The Morgan fingerprint density at radius 2 is 2.25 bits per heavy atom. The maximum atomic E-state index is 10.9. The highest BCUT2D eigenvalue weighted by molar-refractivity contribution is 5.70. The summed E-state index contributed by atoms with van der Waals surface area (Å²) in [5.41, 5.74) is -0.772. The summed E-state index contributed by atoms with van der Waals surface area (Å²) >= 11 is 0. The van der Waals surface area contributed by atoms with E-state index in [0.717, 1.165) is 18.8 Å². The predicted octanol–water partition coefficient (Wildman–Crippen LogP) is -0.0469. The van der Waals surface area contributed by atoms with Gasteiger partial charge in [0.1, 0.15) is 12.2 Å². The standard InChI is InChI=1S/C13H22N4O3/c1-17-9-15-16-11(17)4-7-14-8-13(20)5-2-10(3-6-13)12(18)19/h9-10,14,20H,2-8H2,1H3,(H,18,19). The number of hydrogen-bond donors (Lipinski definition) is 3. The molecule has 0 aliphatic heterocycles. The van der Waals surface area contributed by atoms with Gasteiger partial charge < -0.3 is 20.1 Å². The van der Waals surface area contributed by atoms with Gasteiger partial charge in [0.2, 0.25) is 0 Å². The molecule has 1 saturated carbocycles. The van der Waals surface area contributed by atoms with E-state index in [-0.39, 0.29) is 5.92 Å². The molecule has 7 heteroatoms. The minimum absolute atomic E-state index is 0.297. The minimum atomic E-state index is -0.772. The number of aryl methyl sites for hydroxylation is 1. The van der Waals surface area contributed by atoms with Crippen LogP contribution < -0.4 is 5.32 Å². The maximum Gasteiger partial charge on any atom is 0.306 e. The number of nitrogens with zero attached hydrogens (tertiary/aromatic N) is 3. The molecule has 1 heterocycles. The Bertz CT molecular complexity index is 452. The number of carboxylic acid groups (broad SMARTS) is 1. The monoisotopic (exact) mass is 282 g/mol. The number of nitrogens with one attached hydrogen (secondary N) is 1. The highest BCUT2D eigenvalue weighted by Gasteiger charge is 2.35. The lowest BCUT2D eigenvalue weighted by atomic mass is 9.79. The smallest absolute Gasteiger partial charge is 0.306 e. The SMILES string of the molecule is Cn1cnnc1CCNCC1(O)CCC(C(=O)O)CC1. The zero-order valence-corrected chi connectivity index (χ0v) is 11.7. The van der Waals surface area contributed by atoms with Crippen molar-refractivity contribution >= 4 is 5.97 Å². The fourth-order valence-corrected chi connectivity index (χ4v) is 2.63. The van der Waals surface area contributed by atoms with Gasteiger partial charge in [-0.25, -0.2) is 0 Å². The van der Waals surface area contributed by atoms with Crippen molar-refractivity contribution in [3.63, 3.8) is 0 Å². The summed E-state index contributed by atoms with van der Waals surface area (Å²) in [6.45, 7) is 1.22. The Kier molecular flexibility index (Phi) is 4.72. The van der Waals surface area contributed by atoms with Gasteiger partial charge in [0, 0.05) is 26.6 Å². The van der Waals surface area contributed by atoms with Crippen molar-refractivity contribution in [2.75, 3.05) is 13.1 Å². The molecule has 3 N–H and O–H groups in total. The van der Waals surface area contributed by atoms with Crippen LogP contribution in [0.4, 0.5) is 0 Å². The molecule has 1 aromatic heterocycles. The number of aliphatic hydroxyl groups is 1. The molecule has 0 saturated heterocycles. The maximum absolute atomic E-state index is 10.9. The van der Waals surface area contributed by atoms with E-state index < -0.39 is 11.6 Å². The zero-order chi connectivity index (χ0) is 14.6. The molecule has 7 nitrogen and oxygen atoms in total. The highest BCUT2D eigenvalue weighted by Crippen LogP contribution is 2.31. The molecule has 0 atom stereocenters. The zero-order valence-electron chi connectivity index (χ0n) is 11.7. The van der Waals surface area contributed by atoms with E-state index in [1.165, 1.54) is 0 Å². The van der Waals surface area contributed by atoms with Crippen LogP contribution in [-0.4, -0.2) is 49.6 Å². The number of carbonyl (C=O) groups is 1. The summed E-state index contributed by atoms with van der Waals surface area (Å²) in [4.78, 5) is 10.9. The molecule has 0 unspecified atom stereocenters. The van der Waals surface area contributed by atoms with Gasteiger partial charge in [-0.15, -0.1) is 10.2 Å². The second kappa shape index (κ2) is 6.32. The van der Waals surface area contributed by atoms with Crippen LogP contribution in [0.3, 0.4) is 0 Å². The van der Waals surface area contributed by atoms with Gasteiger partial charge in [-0.1, -0.05) is 0 Å². The second-order valence-corrected chi connectivity index (χ2v) is 5.62. The van der Waals surface area contributed by atoms with Gasteiger partial charge in [-0.2, -0.15) is 0 Å². The summed E-state index contributed by atoms with van der Waals surface area (Å²) < 4.78 is 1.87. The van der Waals surface area contributed by atoms with Crippen molar-refractivity contribution in [3.05, 3.63) is 12.2 Å². The van der Waals surface area contributed by atoms with Crippen molar-refractivity contribution < 1.29 is 15.0 Å². The average Bonchev–Trinajstić information content (AvgIpc) is 2.81. The molecule has 1 aliphatic rings. The molecule has 1 aliphatic carbocycles. The fourth-order valence-electron chi connectivity index (χ4n) is 2.63. The van der Waals surface area contributed by atoms with Crippen molar-refractivity contribution in [1.82, 2.24) is 20.1 Å². The van der Waals surface area contributed by atoms with Crippen molar-refractivity contribution in [1.29, 1.82) is 0 Å². The lowest BCUT2D eigenvalue weighted by molar-refractivity contribution is -0.144. The summed E-state index contributed by atoms with van der Waals surface area (Å²) in [7, 11) is 1.90. The number of rotatable bonds is 6. The topological polar surface area (TPSA) is 100 Å². The van der Waals surface area contributed by atoms with Gasteiger partial charge in [-0.3, -0.25) is 4.79 Å². The van der Waals surface area contributed by atoms with E-state index in [4.69, 9.17) is 5.11 Å². The molecule has 0 amide bonds. The molecule has 0 bridgehead atoms. The van der Waals surface area contributed by atoms with Crippen molar-refractivity contribution in [2.24, 2.45) is 13.0 Å². The van der Waals surface area contributed by atoms with Crippen molar-refractivity contribution in [2.45, 2.75) is 37.7 Å². The van der Waals surface area contributed by atoms with Crippen LogP contribution in [0.15, 0.2) is 6.33 Å². The number of carboxylic acids is 1. The fraction of sp³-hybridized carbons (Fsp3) is 0.769. The molecular formula is C13H22N4O3. The Morgan fingerprint density at radius 1 is 1.55 bits per heavy atom. The number of aliphatic carboxylic acids is 1. The van der Waals surface area contributed by atoms with Crippen LogP contribution in [-0.2, 0) is 18.3 Å². The second-order valence-electron chi connectivity index (χ2n) is 5.62. The predicted molar refractivity (Wildman–Crippen MR) is 72.1 cm³/mol. The molecular weight excluding hydrogens is 260 g/mol. The summed E-state index contributed by atoms with van der Waals surface area (Å²) in [6, 6.07) is 0. The third-order valence-corrected chi connectivity index (χ3v) is 4.05. The number of aromatic nitrogens is 3. The first-order valence-corrected chi connectivity index (χ1v) is 6.99. The Balaban J connectivity index is 1.69. The molecule has 20 heavy (non-hydrogen) atoms. The van der Waals surface area contributed by atoms with E-state index in [9.17, 15) is 9.90 Å². The molecule has 0 radical (unpaired) electrons. The molecule has 112 valence electrons. The minimum Gasteiger partial charge on any atom is -0.481 e. The van der Waals surface area contributed by atoms with E-state index in [1.54, 1.807) is 6.33 Å². The van der Waals surface area contributed by atoms with Crippen LogP contribution >= 0.6 is 0 Å². The van der Waals surface area contributed by atoms with E-state index >= 15 is 0 Å². The van der Waals surface area contributed by atoms with Gasteiger partial charge >= 0.3 is 5.97 Å². The third kappa shape index (κ3) is 3.77. The lowest BCUT2D eigenvalue weighted by Crippen LogP contribution is -2.45. The van der Waals surface area contributed by atoms with Crippen LogP contribution in [0, 0.1) is 5.92 Å². The lowest BCUT2D eigenvalue weighted by Gasteiger charge is -2.34. The Hall–Kier alpha value is -1.47. The highest BCUT2D eigenvalue weighted by atomic mass is 16.4. The number of hydrogen-bond acceptors (Lipinski definition) is 5. The first kappa shape index (κ1) is 14.9. The summed E-state index contributed by atoms with van der Waals surface area (Å²) in [5, 5.41) is 30.4. The quantitative estimate of drug-likeness (QED) is 0.633. The largest absolute Gasteiger partial charge is 0.481 e. The molecule has 0 spiro atoms. The van der Waals surface area contributed by atoms with Gasteiger partial charge in [-0.05, 0) is 25.7 Å². The van der Waals surface area contributed by atoms with Crippen LogP contribution in [0.5, 0.6) is 0 Å². The molecule has 1 fully saturated rings. The van der Waals surface area contributed by atoms with Gasteiger partial charge in [0.15, 0.2) is 0 Å². The van der Waals surface area contributed by atoms with Crippen LogP contribution in [0.2, 0.25) is 0 Å². The first-order valence-electron chi connectivity index (χ1n) is 6.99. The van der Waals surface area contributed by atoms with E-state index in [1.807, 2.05) is 11.6 Å². The van der Waals surface area contributed by atoms with Gasteiger partial charge in [0.05, 0.1) is 11.5 Å². The summed E-state index contributed by atoms with van der Waals surface area (Å²) in [6.07, 6.45) is 4.61. The first-order chi connectivity index (χ1) is 9.50. The molecule has 1 aromatic rings. The Labute approximate surface area is 118 Å². The normalized spacial score (nSPS) is 26.6. The van der Waals surface area contributed by atoms with Crippen LogP contribution in [0.1, 0.15) is 31.5 Å². The van der Waals surface area contributed by atoms with Crippen molar-refractivity contribution in [3.8, 4) is 0 Å². The van der Waals surface area contributed by atoms with Crippen LogP contribution in [0.25, 0.3) is 0 Å². The summed E-state index contributed by atoms with van der Waals surface area (Å²) in [5.74, 6) is -0.143. The molecule has 0 aromatic carbocycles. The average molecular weight is 282 g/mol. The van der Waals surface area contributed by atoms with Gasteiger partial charge in [0.25, 0.3) is 0 Å². The van der Waals surface area contributed by atoms with E-state index in [2.05, 4.69) is 15.5 Å². The molecule has 2 rings (SSSR count). The van der Waals surface area contributed by atoms with E-state index in [0.29, 0.717) is 32.2 Å². The third-order valence-electron chi connectivity index (χ3n) is 4.05. The Morgan fingerprint density at radius 3 is 2.80 bits per heavy atom.